The minimum absolute atomic E-state index is 0.0623. The number of amides is 1. The van der Waals surface area contributed by atoms with Gasteiger partial charge in [0.15, 0.2) is 0 Å². The minimum Gasteiger partial charge on any atom is -0.494 e. The molecule has 10 heteroatoms. The smallest absolute Gasteiger partial charge is 0.275 e. The topological polar surface area (TPSA) is 81.0 Å². The Bertz CT molecular complexity index is 2350. The van der Waals surface area contributed by atoms with Crippen molar-refractivity contribution >= 4 is 56.6 Å². The zero-order chi connectivity index (χ0) is 34.9. The molecule has 1 aliphatic rings. The van der Waals surface area contributed by atoms with Crippen LogP contribution in [0.5, 0.6) is 5.75 Å². The van der Waals surface area contributed by atoms with Gasteiger partial charge in [-0.2, -0.15) is 10.4 Å². The molecule has 0 bridgehead atoms. The molecule has 0 unspecified atom stereocenters. The first-order valence-electron chi connectivity index (χ1n) is 16.5. The number of rotatable bonds is 7. The van der Waals surface area contributed by atoms with Crippen molar-refractivity contribution in [1.82, 2.24) is 18.9 Å². The van der Waals surface area contributed by atoms with E-state index in [0.717, 1.165) is 77.5 Å². The molecular formula is C39H38Cl2N6O2. The van der Waals surface area contributed by atoms with Gasteiger partial charge in [-0.25, -0.2) is 0 Å². The van der Waals surface area contributed by atoms with Crippen molar-refractivity contribution in [3.8, 4) is 22.9 Å². The van der Waals surface area contributed by atoms with Gasteiger partial charge in [0.25, 0.3) is 5.91 Å². The molecule has 0 radical (unpaired) electrons. The monoisotopic (exact) mass is 692 g/mol. The third-order valence-corrected chi connectivity index (χ3v) is 10.9. The largest absolute Gasteiger partial charge is 0.494 e. The molecule has 6 aromatic rings. The average Bonchev–Trinajstić information content (AvgIpc) is 3.67. The SMILES string of the molecule is Cc1cc(OCCCc2c3n(c4c(-c5c(C)nn(C)c5C)c(Cl)ccc24)[C@H](C)CN(c2cn(C)c4cc(C#N)ccc24)C3=O)cc(C)c1Cl. The Labute approximate surface area is 296 Å². The van der Waals surface area contributed by atoms with Gasteiger partial charge in [0, 0.05) is 65.5 Å². The van der Waals surface area contributed by atoms with Crippen molar-refractivity contribution in [2.75, 3.05) is 18.1 Å². The molecule has 1 aliphatic heterocycles. The van der Waals surface area contributed by atoms with Crippen LogP contribution in [0.25, 0.3) is 32.9 Å². The molecule has 0 saturated carbocycles. The Kier molecular flexibility index (Phi) is 8.25. The van der Waals surface area contributed by atoms with E-state index in [0.29, 0.717) is 42.3 Å². The van der Waals surface area contributed by atoms with Crippen LogP contribution in [0, 0.1) is 39.0 Å². The quantitative estimate of drug-likeness (QED) is 0.156. The fourth-order valence-corrected chi connectivity index (χ4v) is 7.94. The molecule has 3 aromatic carbocycles. The number of nitrogens with zero attached hydrogens (tertiary/aromatic N) is 6. The molecule has 0 saturated heterocycles. The predicted octanol–water partition coefficient (Wildman–Crippen LogP) is 9.18. The first-order chi connectivity index (χ1) is 23.4. The normalized spacial score (nSPS) is 14.6. The minimum atomic E-state index is -0.0663. The van der Waals surface area contributed by atoms with Gasteiger partial charge in [0.1, 0.15) is 11.4 Å². The van der Waals surface area contributed by atoms with Crippen molar-refractivity contribution in [2.45, 2.75) is 53.5 Å². The van der Waals surface area contributed by atoms with E-state index in [1.807, 2.05) is 91.6 Å². The zero-order valence-corrected chi connectivity index (χ0v) is 30.3. The van der Waals surface area contributed by atoms with Crippen molar-refractivity contribution in [3.05, 3.63) is 98.0 Å². The number of anilines is 1. The number of nitriles is 1. The molecule has 0 spiro atoms. The molecule has 8 nitrogen and oxygen atoms in total. The number of ether oxygens (including phenoxy) is 1. The van der Waals surface area contributed by atoms with E-state index >= 15 is 0 Å². The summed E-state index contributed by atoms with van der Waals surface area (Å²) < 4.78 is 12.3. The molecule has 0 aliphatic carbocycles. The summed E-state index contributed by atoms with van der Waals surface area (Å²) in [5.41, 5.74) is 10.7. The highest BCUT2D eigenvalue weighted by Crippen LogP contribution is 2.45. The summed E-state index contributed by atoms with van der Waals surface area (Å²) in [6.07, 6.45) is 3.31. The second-order valence-electron chi connectivity index (χ2n) is 13.2. The second-order valence-corrected chi connectivity index (χ2v) is 14.0. The standard InChI is InChI=1S/C39H38Cl2N6O2/c1-21-15-27(16-22(2)36(21)41)49-14-8-9-28-29-12-13-31(40)35(34-24(4)43-45(7)25(34)5)37(29)47-23(3)19-46(39(48)38(28)47)33-20-44(6)32-17-26(18-42)10-11-30(32)33/h10-13,15-17,20,23H,8-9,14,19H2,1-7H3/t23-/m1/s1. The summed E-state index contributed by atoms with van der Waals surface area (Å²) in [7, 11) is 3.89. The van der Waals surface area contributed by atoms with Crippen LogP contribution in [0.15, 0.2) is 48.7 Å². The van der Waals surface area contributed by atoms with E-state index in [4.69, 9.17) is 33.0 Å². The van der Waals surface area contributed by atoms with Crippen LogP contribution in [0.4, 0.5) is 5.69 Å². The summed E-state index contributed by atoms with van der Waals surface area (Å²) in [6.45, 7) is 11.1. The van der Waals surface area contributed by atoms with E-state index in [1.165, 1.54) is 0 Å². The van der Waals surface area contributed by atoms with Crippen LogP contribution in [-0.2, 0) is 20.5 Å². The third kappa shape index (κ3) is 5.27. The predicted molar refractivity (Wildman–Crippen MR) is 197 cm³/mol. The average molecular weight is 694 g/mol. The van der Waals surface area contributed by atoms with Gasteiger partial charge < -0.3 is 18.8 Å². The highest BCUT2D eigenvalue weighted by atomic mass is 35.5. The number of carbonyl (C=O) groups is 1. The van der Waals surface area contributed by atoms with Crippen molar-refractivity contribution in [2.24, 2.45) is 14.1 Å². The van der Waals surface area contributed by atoms with E-state index in [2.05, 4.69) is 30.6 Å². The molecule has 49 heavy (non-hydrogen) atoms. The summed E-state index contributed by atoms with van der Waals surface area (Å²) in [6, 6.07) is 15.7. The number of aryl methyl sites for hydroxylation is 6. The molecular weight excluding hydrogens is 655 g/mol. The van der Waals surface area contributed by atoms with Gasteiger partial charge in [-0.1, -0.05) is 29.3 Å². The highest BCUT2D eigenvalue weighted by molar-refractivity contribution is 6.35. The molecule has 0 N–H and O–H groups in total. The van der Waals surface area contributed by atoms with Gasteiger partial charge >= 0.3 is 0 Å². The zero-order valence-electron chi connectivity index (χ0n) is 28.8. The number of halogens is 2. The lowest BCUT2D eigenvalue weighted by atomic mass is 9.98. The van der Waals surface area contributed by atoms with E-state index in [-0.39, 0.29) is 11.9 Å². The second kappa shape index (κ2) is 12.3. The summed E-state index contributed by atoms with van der Waals surface area (Å²) in [5.74, 6) is 0.721. The molecule has 0 fully saturated rings. The number of hydrogen-bond donors (Lipinski definition) is 0. The maximum atomic E-state index is 14.9. The summed E-state index contributed by atoms with van der Waals surface area (Å²) in [5, 5.41) is 17.6. The lowest BCUT2D eigenvalue weighted by molar-refractivity contribution is 0.0957. The Balaban J connectivity index is 1.37. The molecule has 250 valence electrons. The number of benzene rings is 3. The fraction of sp³-hybridized carbons (Fsp3) is 0.308. The first kappa shape index (κ1) is 32.8. The number of fused-ring (bicyclic) bond motifs is 4. The number of carbonyl (C=O) groups excluding carboxylic acids is 1. The molecule has 7 rings (SSSR count). The Morgan fingerprint density at radius 1 is 1.00 bits per heavy atom. The van der Waals surface area contributed by atoms with Crippen molar-refractivity contribution in [1.29, 1.82) is 5.26 Å². The lowest BCUT2D eigenvalue weighted by Crippen LogP contribution is -2.42. The van der Waals surface area contributed by atoms with Crippen LogP contribution in [0.2, 0.25) is 10.0 Å². The van der Waals surface area contributed by atoms with Crippen LogP contribution in [0.3, 0.4) is 0 Å². The van der Waals surface area contributed by atoms with E-state index in [1.54, 1.807) is 0 Å². The number of hydrogen-bond acceptors (Lipinski definition) is 4. The fourth-order valence-electron chi connectivity index (χ4n) is 7.58. The van der Waals surface area contributed by atoms with Gasteiger partial charge in [0.05, 0.1) is 45.7 Å². The maximum Gasteiger partial charge on any atom is 0.275 e. The molecule has 1 amide bonds. The van der Waals surface area contributed by atoms with Gasteiger partial charge in [-0.3, -0.25) is 9.48 Å². The maximum absolute atomic E-state index is 14.9. The van der Waals surface area contributed by atoms with Crippen molar-refractivity contribution in [3.63, 3.8) is 0 Å². The van der Waals surface area contributed by atoms with Crippen LogP contribution >= 0.6 is 23.2 Å². The van der Waals surface area contributed by atoms with Gasteiger partial charge in [-0.05, 0) is 101 Å². The van der Waals surface area contributed by atoms with E-state index in [9.17, 15) is 10.1 Å². The van der Waals surface area contributed by atoms with Crippen LogP contribution < -0.4 is 9.64 Å². The molecule has 1 atom stereocenters. The third-order valence-electron chi connectivity index (χ3n) is 9.95. The highest BCUT2D eigenvalue weighted by Gasteiger charge is 2.37. The van der Waals surface area contributed by atoms with Crippen LogP contribution in [0.1, 0.15) is 63.5 Å². The van der Waals surface area contributed by atoms with E-state index < -0.39 is 0 Å². The lowest BCUT2D eigenvalue weighted by Gasteiger charge is -2.34. The Hall–Kier alpha value is -4.71. The number of aromatic nitrogens is 4. The first-order valence-corrected chi connectivity index (χ1v) is 17.2. The molecule has 4 heterocycles. The summed E-state index contributed by atoms with van der Waals surface area (Å²) in [4.78, 5) is 16.8. The van der Waals surface area contributed by atoms with Gasteiger partial charge in [0.2, 0.25) is 0 Å². The van der Waals surface area contributed by atoms with Crippen molar-refractivity contribution < 1.29 is 9.53 Å². The molecule has 3 aromatic heterocycles. The Morgan fingerprint density at radius 2 is 1.71 bits per heavy atom. The Morgan fingerprint density at radius 3 is 2.39 bits per heavy atom. The summed E-state index contributed by atoms with van der Waals surface area (Å²) >= 11 is 13.5. The van der Waals surface area contributed by atoms with Gasteiger partial charge in [-0.15, -0.1) is 0 Å². The van der Waals surface area contributed by atoms with Crippen LogP contribution in [-0.4, -0.2) is 38.0 Å².